The molecule has 3 N–H and O–H groups in total. The maximum absolute atomic E-state index is 12.2. The van der Waals surface area contributed by atoms with Crippen molar-refractivity contribution >= 4 is 27.6 Å². The zero-order valence-corrected chi connectivity index (χ0v) is 15.6. The summed E-state index contributed by atoms with van der Waals surface area (Å²) in [6.45, 7) is 5.63. The second-order valence-corrected chi connectivity index (χ2v) is 8.22. The van der Waals surface area contributed by atoms with Crippen LogP contribution in [-0.4, -0.2) is 37.7 Å². The number of rotatable bonds is 10. The molecule has 0 aliphatic heterocycles. The van der Waals surface area contributed by atoms with Gasteiger partial charge in [0.15, 0.2) is 0 Å². The maximum Gasteiger partial charge on any atom is 0.308 e. The SMILES string of the molecule is CCCS(=O)(=O)Nc1cccc(C(=O)NCC(CC(C)C)C(=O)O)c1. The standard InChI is InChI=1S/C17H26N2O5S/c1-4-8-25(23,24)19-15-7-5-6-13(10-15)16(20)18-11-14(17(21)22)9-12(2)3/h5-7,10,12,14,19H,4,8-9,11H2,1-3H3,(H,18,20)(H,21,22). The van der Waals surface area contributed by atoms with Crippen molar-refractivity contribution in [3.8, 4) is 0 Å². The fraction of sp³-hybridized carbons (Fsp3) is 0.529. The molecule has 0 saturated heterocycles. The summed E-state index contributed by atoms with van der Waals surface area (Å²) in [5, 5.41) is 11.8. The lowest BCUT2D eigenvalue weighted by atomic mass is 9.97. The zero-order chi connectivity index (χ0) is 19.0. The lowest BCUT2D eigenvalue weighted by Gasteiger charge is -2.15. The number of hydrogen-bond acceptors (Lipinski definition) is 4. The number of sulfonamides is 1. The van der Waals surface area contributed by atoms with Crippen LogP contribution >= 0.6 is 0 Å². The van der Waals surface area contributed by atoms with Gasteiger partial charge in [-0.1, -0.05) is 26.8 Å². The number of aliphatic carboxylic acids is 1. The minimum Gasteiger partial charge on any atom is -0.481 e. The predicted molar refractivity (Wildman–Crippen MR) is 97.1 cm³/mol. The summed E-state index contributed by atoms with van der Waals surface area (Å²) in [4.78, 5) is 23.4. The van der Waals surface area contributed by atoms with Gasteiger partial charge in [-0.25, -0.2) is 8.42 Å². The summed E-state index contributed by atoms with van der Waals surface area (Å²) < 4.78 is 26.0. The second-order valence-electron chi connectivity index (χ2n) is 6.38. The molecule has 0 saturated carbocycles. The Bertz CT molecular complexity index is 701. The van der Waals surface area contributed by atoms with Gasteiger partial charge in [-0.05, 0) is 37.0 Å². The number of carboxylic acid groups (broad SMARTS) is 1. The van der Waals surface area contributed by atoms with E-state index in [1.54, 1.807) is 25.1 Å². The van der Waals surface area contributed by atoms with Crippen molar-refractivity contribution in [3.63, 3.8) is 0 Å². The molecule has 7 nitrogen and oxygen atoms in total. The summed E-state index contributed by atoms with van der Waals surface area (Å²) in [7, 11) is -3.44. The van der Waals surface area contributed by atoms with Crippen molar-refractivity contribution < 1.29 is 23.1 Å². The third-order valence-corrected chi connectivity index (χ3v) is 4.98. The van der Waals surface area contributed by atoms with Gasteiger partial charge in [0.1, 0.15) is 0 Å². The van der Waals surface area contributed by atoms with E-state index in [9.17, 15) is 23.1 Å². The van der Waals surface area contributed by atoms with Crippen LogP contribution in [-0.2, 0) is 14.8 Å². The van der Waals surface area contributed by atoms with Crippen molar-refractivity contribution in [1.82, 2.24) is 5.32 Å². The number of carbonyl (C=O) groups is 2. The molecule has 140 valence electrons. The van der Waals surface area contributed by atoms with Crippen LogP contribution in [0.3, 0.4) is 0 Å². The molecule has 0 spiro atoms. The highest BCUT2D eigenvalue weighted by atomic mass is 32.2. The highest BCUT2D eigenvalue weighted by molar-refractivity contribution is 7.92. The van der Waals surface area contributed by atoms with Crippen LogP contribution in [0.5, 0.6) is 0 Å². The molecule has 1 unspecified atom stereocenters. The van der Waals surface area contributed by atoms with E-state index in [1.807, 2.05) is 13.8 Å². The molecule has 1 aromatic rings. The number of anilines is 1. The molecule has 0 aromatic heterocycles. The van der Waals surface area contributed by atoms with E-state index in [2.05, 4.69) is 10.0 Å². The third kappa shape index (κ3) is 7.55. The monoisotopic (exact) mass is 370 g/mol. The first-order chi connectivity index (χ1) is 11.6. The first kappa shape index (κ1) is 21.0. The normalized spacial score (nSPS) is 12.6. The van der Waals surface area contributed by atoms with Crippen LogP contribution < -0.4 is 10.0 Å². The van der Waals surface area contributed by atoms with Crippen LogP contribution in [0.1, 0.15) is 44.0 Å². The Morgan fingerprint density at radius 2 is 1.92 bits per heavy atom. The molecule has 8 heteroatoms. The van der Waals surface area contributed by atoms with Crippen LogP contribution in [0, 0.1) is 11.8 Å². The average Bonchev–Trinajstić information content (AvgIpc) is 2.50. The van der Waals surface area contributed by atoms with Crippen LogP contribution in [0.25, 0.3) is 0 Å². The number of carbonyl (C=O) groups excluding carboxylic acids is 1. The molecular weight excluding hydrogens is 344 g/mol. The van der Waals surface area contributed by atoms with Crippen LogP contribution in [0.2, 0.25) is 0 Å². The molecule has 25 heavy (non-hydrogen) atoms. The van der Waals surface area contributed by atoms with Crippen molar-refractivity contribution in [2.24, 2.45) is 11.8 Å². The van der Waals surface area contributed by atoms with Gasteiger partial charge in [-0.15, -0.1) is 0 Å². The van der Waals surface area contributed by atoms with E-state index in [4.69, 9.17) is 0 Å². The van der Waals surface area contributed by atoms with Crippen molar-refractivity contribution in [2.75, 3.05) is 17.0 Å². The molecule has 1 amide bonds. The Morgan fingerprint density at radius 3 is 2.48 bits per heavy atom. The van der Waals surface area contributed by atoms with Crippen LogP contribution in [0.15, 0.2) is 24.3 Å². The molecule has 1 rings (SSSR count). The number of hydrogen-bond donors (Lipinski definition) is 3. The van der Waals surface area contributed by atoms with Crippen molar-refractivity contribution in [3.05, 3.63) is 29.8 Å². The van der Waals surface area contributed by atoms with Gasteiger partial charge >= 0.3 is 5.97 Å². The summed E-state index contributed by atoms with van der Waals surface area (Å²) >= 11 is 0. The Hall–Kier alpha value is -2.09. The van der Waals surface area contributed by atoms with E-state index in [0.717, 1.165) is 0 Å². The largest absolute Gasteiger partial charge is 0.481 e. The molecule has 0 heterocycles. The Balaban J connectivity index is 2.76. The molecule has 0 aliphatic carbocycles. The second kappa shape index (κ2) is 9.41. The lowest BCUT2D eigenvalue weighted by molar-refractivity contribution is -0.142. The Labute approximate surface area is 148 Å². The number of carboxylic acids is 1. The molecule has 0 radical (unpaired) electrons. The van der Waals surface area contributed by atoms with Crippen molar-refractivity contribution in [2.45, 2.75) is 33.6 Å². The zero-order valence-electron chi connectivity index (χ0n) is 14.8. The molecule has 1 atom stereocenters. The smallest absolute Gasteiger partial charge is 0.308 e. The highest BCUT2D eigenvalue weighted by Gasteiger charge is 2.20. The van der Waals surface area contributed by atoms with Gasteiger partial charge in [-0.2, -0.15) is 0 Å². The average molecular weight is 370 g/mol. The maximum atomic E-state index is 12.2. The van der Waals surface area contributed by atoms with E-state index in [0.29, 0.717) is 18.5 Å². The van der Waals surface area contributed by atoms with E-state index in [1.165, 1.54) is 6.07 Å². The molecule has 0 fully saturated rings. The van der Waals surface area contributed by atoms with Gasteiger partial charge in [-0.3, -0.25) is 14.3 Å². The van der Waals surface area contributed by atoms with Gasteiger partial charge in [0.25, 0.3) is 5.91 Å². The summed E-state index contributed by atoms with van der Waals surface area (Å²) in [6.07, 6.45) is 0.953. The first-order valence-electron chi connectivity index (χ1n) is 8.26. The highest BCUT2D eigenvalue weighted by Crippen LogP contribution is 2.14. The van der Waals surface area contributed by atoms with E-state index < -0.39 is 27.8 Å². The van der Waals surface area contributed by atoms with Gasteiger partial charge in [0, 0.05) is 17.8 Å². The summed E-state index contributed by atoms with van der Waals surface area (Å²) in [5.74, 6) is -1.84. The molecular formula is C17H26N2O5S. The van der Waals surface area contributed by atoms with Gasteiger partial charge in [0.2, 0.25) is 10.0 Å². The number of benzene rings is 1. The number of amides is 1. The molecule has 0 bridgehead atoms. The lowest BCUT2D eigenvalue weighted by Crippen LogP contribution is -2.33. The molecule has 0 aliphatic rings. The fourth-order valence-electron chi connectivity index (χ4n) is 2.38. The minimum absolute atomic E-state index is 0.00107. The first-order valence-corrected chi connectivity index (χ1v) is 9.91. The van der Waals surface area contributed by atoms with Gasteiger partial charge < -0.3 is 10.4 Å². The van der Waals surface area contributed by atoms with E-state index >= 15 is 0 Å². The third-order valence-electron chi connectivity index (χ3n) is 3.49. The Morgan fingerprint density at radius 1 is 1.24 bits per heavy atom. The van der Waals surface area contributed by atoms with Crippen molar-refractivity contribution in [1.29, 1.82) is 0 Å². The van der Waals surface area contributed by atoms with Crippen LogP contribution in [0.4, 0.5) is 5.69 Å². The molecule has 1 aromatic carbocycles. The fourth-order valence-corrected chi connectivity index (χ4v) is 3.51. The topological polar surface area (TPSA) is 113 Å². The van der Waals surface area contributed by atoms with Gasteiger partial charge in [0.05, 0.1) is 11.7 Å². The quantitative estimate of drug-likeness (QED) is 0.585. The van der Waals surface area contributed by atoms with E-state index in [-0.39, 0.29) is 23.8 Å². The minimum atomic E-state index is -3.44. The Kier molecular flexibility index (Phi) is 7.89. The summed E-state index contributed by atoms with van der Waals surface area (Å²) in [5.41, 5.74) is 0.573. The predicted octanol–water partition coefficient (Wildman–Crippen LogP) is 2.31. The number of nitrogens with one attached hydrogen (secondary N) is 2. The summed E-state index contributed by atoms with van der Waals surface area (Å²) in [6, 6.07) is 6.11.